The summed E-state index contributed by atoms with van der Waals surface area (Å²) < 4.78 is 2.40. The van der Waals surface area contributed by atoms with Crippen molar-refractivity contribution in [3.63, 3.8) is 0 Å². The molecule has 0 fully saturated rings. The highest BCUT2D eigenvalue weighted by molar-refractivity contribution is 9.10. The molecule has 3 rings (SSSR count). The molecule has 0 aliphatic rings. The van der Waals surface area contributed by atoms with Crippen LogP contribution >= 0.6 is 39.3 Å². The van der Waals surface area contributed by atoms with Crippen molar-refractivity contribution in [2.45, 2.75) is 10.9 Å². The summed E-state index contributed by atoms with van der Waals surface area (Å²) in [5.74, 6) is 7.33. The predicted octanol–water partition coefficient (Wildman–Crippen LogP) is 3.76. The van der Waals surface area contributed by atoms with Crippen LogP contribution in [0.1, 0.15) is 5.56 Å². The number of pyridine rings is 1. The molecule has 0 saturated heterocycles. The highest BCUT2D eigenvalue weighted by Gasteiger charge is 2.14. The zero-order valence-electron chi connectivity index (χ0n) is 11.3. The lowest BCUT2D eigenvalue weighted by Crippen LogP contribution is -2.11. The molecule has 0 saturated carbocycles. The van der Waals surface area contributed by atoms with Gasteiger partial charge in [0.1, 0.15) is 5.15 Å². The summed E-state index contributed by atoms with van der Waals surface area (Å²) in [6, 6.07) is 11.5. The van der Waals surface area contributed by atoms with Crippen LogP contribution in [0.4, 0.5) is 0 Å². The molecule has 0 unspecified atom stereocenters. The standard InChI is InChI=1S/C14H11BrClN5S/c15-11-6-2-1-5-10(11)13-19-20-14(21(13)17)22-8-9-4-3-7-18-12(9)16/h1-7H,8,17H2. The van der Waals surface area contributed by atoms with Gasteiger partial charge in [-0.1, -0.05) is 57.5 Å². The Morgan fingerprint density at radius 2 is 2.00 bits per heavy atom. The molecule has 0 radical (unpaired) electrons. The monoisotopic (exact) mass is 395 g/mol. The summed E-state index contributed by atoms with van der Waals surface area (Å²) in [4.78, 5) is 4.05. The van der Waals surface area contributed by atoms with Gasteiger partial charge in [0.25, 0.3) is 0 Å². The molecular weight excluding hydrogens is 386 g/mol. The van der Waals surface area contributed by atoms with E-state index in [1.807, 2.05) is 36.4 Å². The third kappa shape index (κ3) is 3.11. The summed E-state index contributed by atoms with van der Waals surface area (Å²) in [6.07, 6.45) is 1.66. The second kappa shape index (κ2) is 6.68. The number of nitrogen functional groups attached to an aromatic ring is 1. The van der Waals surface area contributed by atoms with Gasteiger partial charge in [-0.05, 0) is 23.8 Å². The number of nitrogens with two attached hydrogens (primary N) is 1. The van der Waals surface area contributed by atoms with E-state index >= 15 is 0 Å². The first-order valence-corrected chi connectivity index (χ1v) is 8.50. The van der Waals surface area contributed by atoms with E-state index < -0.39 is 0 Å². The van der Waals surface area contributed by atoms with Gasteiger partial charge in [-0.3, -0.25) is 0 Å². The SMILES string of the molecule is Nn1c(SCc2cccnc2Cl)nnc1-c1ccccc1Br. The van der Waals surface area contributed by atoms with Gasteiger partial charge in [-0.25, -0.2) is 9.66 Å². The maximum absolute atomic E-state index is 6.11. The van der Waals surface area contributed by atoms with E-state index in [0.29, 0.717) is 21.9 Å². The Morgan fingerprint density at radius 3 is 2.77 bits per heavy atom. The van der Waals surface area contributed by atoms with E-state index in [1.165, 1.54) is 16.4 Å². The molecule has 0 atom stereocenters. The van der Waals surface area contributed by atoms with Crippen molar-refractivity contribution < 1.29 is 0 Å². The molecule has 3 aromatic rings. The van der Waals surface area contributed by atoms with E-state index in [0.717, 1.165) is 15.6 Å². The van der Waals surface area contributed by atoms with E-state index in [2.05, 4.69) is 31.1 Å². The van der Waals surface area contributed by atoms with Gasteiger partial charge in [0.05, 0.1) is 0 Å². The highest BCUT2D eigenvalue weighted by atomic mass is 79.9. The van der Waals surface area contributed by atoms with Crippen molar-refractivity contribution in [2.24, 2.45) is 0 Å². The number of rotatable bonds is 4. The molecule has 22 heavy (non-hydrogen) atoms. The predicted molar refractivity (Wildman–Crippen MR) is 92.1 cm³/mol. The Morgan fingerprint density at radius 1 is 1.18 bits per heavy atom. The first-order chi connectivity index (χ1) is 10.7. The van der Waals surface area contributed by atoms with Crippen LogP contribution in [0.2, 0.25) is 5.15 Å². The van der Waals surface area contributed by atoms with Gasteiger partial charge in [-0.2, -0.15) is 0 Å². The summed E-state index contributed by atoms with van der Waals surface area (Å²) in [7, 11) is 0. The number of aromatic nitrogens is 4. The molecule has 2 heterocycles. The number of hydrogen-bond acceptors (Lipinski definition) is 5. The molecule has 0 aliphatic heterocycles. The number of hydrogen-bond donors (Lipinski definition) is 1. The Labute approximate surface area is 145 Å². The Bertz CT molecular complexity index is 807. The molecule has 0 bridgehead atoms. The average Bonchev–Trinajstić information content (AvgIpc) is 2.88. The quantitative estimate of drug-likeness (QED) is 0.413. The Balaban J connectivity index is 1.83. The fraction of sp³-hybridized carbons (Fsp3) is 0.0714. The minimum atomic E-state index is 0.490. The molecule has 5 nitrogen and oxygen atoms in total. The van der Waals surface area contributed by atoms with Gasteiger partial charge < -0.3 is 5.84 Å². The number of benzene rings is 1. The third-order valence-corrected chi connectivity index (χ3v) is 5.00. The van der Waals surface area contributed by atoms with Crippen LogP contribution in [-0.4, -0.2) is 19.9 Å². The topological polar surface area (TPSA) is 69.6 Å². The van der Waals surface area contributed by atoms with Crippen molar-refractivity contribution in [3.8, 4) is 11.4 Å². The second-order valence-electron chi connectivity index (χ2n) is 4.40. The van der Waals surface area contributed by atoms with Gasteiger partial charge >= 0.3 is 0 Å². The summed E-state index contributed by atoms with van der Waals surface area (Å²) in [5, 5.41) is 9.42. The number of halogens is 2. The highest BCUT2D eigenvalue weighted by Crippen LogP contribution is 2.29. The van der Waals surface area contributed by atoms with Gasteiger partial charge in [0.2, 0.25) is 5.16 Å². The van der Waals surface area contributed by atoms with Crippen LogP contribution in [0.3, 0.4) is 0 Å². The minimum Gasteiger partial charge on any atom is -0.335 e. The van der Waals surface area contributed by atoms with Gasteiger partial charge in [0.15, 0.2) is 5.82 Å². The van der Waals surface area contributed by atoms with Crippen LogP contribution in [0.5, 0.6) is 0 Å². The zero-order valence-corrected chi connectivity index (χ0v) is 14.4. The molecule has 0 spiro atoms. The molecule has 0 aliphatic carbocycles. The van der Waals surface area contributed by atoms with Gasteiger partial charge in [0, 0.05) is 22.0 Å². The minimum absolute atomic E-state index is 0.490. The van der Waals surface area contributed by atoms with Crippen LogP contribution in [0, 0.1) is 0 Å². The molecular formula is C14H11BrClN5S. The maximum Gasteiger partial charge on any atom is 0.210 e. The third-order valence-electron chi connectivity index (χ3n) is 2.97. The molecule has 2 aromatic heterocycles. The number of nitrogens with zero attached hydrogens (tertiary/aromatic N) is 4. The first-order valence-electron chi connectivity index (χ1n) is 6.34. The van der Waals surface area contributed by atoms with Crippen LogP contribution in [0.15, 0.2) is 52.2 Å². The van der Waals surface area contributed by atoms with Gasteiger partial charge in [-0.15, -0.1) is 10.2 Å². The van der Waals surface area contributed by atoms with Crippen molar-refractivity contribution in [2.75, 3.05) is 5.84 Å². The van der Waals surface area contributed by atoms with Crippen molar-refractivity contribution in [1.82, 2.24) is 19.9 Å². The molecule has 8 heteroatoms. The Hall–Kier alpha value is -1.57. The molecule has 0 amide bonds. The van der Waals surface area contributed by atoms with Crippen LogP contribution in [-0.2, 0) is 5.75 Å². The van der Waals surface area contributed by atoms with Crippen molar-refractivity contribution in [1.29, 1.82) is 0 Å². The summed E-state index contributed by atoms with van der Waals surface area (Å²) >= 11 is 11.0. The van der Waals surface area contributed by atoms with E-state index in [9.17, 15) is 0 Å². The molecule has 1 aromatic carbocycles. The fourth-order valence-electron chi connectivity index (χ4n) is 1.87. The second-order valence-corrected chi connectivity index (χ2v) is 6.55. The largest absolute Gasteiger partial charge is 0.335 e. The van der Waals surface area contributed by atoms with E-state index in [1.54, 1.807) is 6.20 Å². The lowest BCUT2D eigenvalue weighted by atomic mass is 10.2. The number of thioether (sulfide) groups is 1. The Kier molecular flexibility index (Phi) is 4.66. The fourth-order valence-corrected chi connectivity index (χ4v) is 3.44. The van der Waals surface area contributed by atoms with E-state index in [-0.39, 0.29) is 0 Å². The van der Waals surface area contributed by atoms with Crippen molar-refractivity contribution >= 4 is 39.3 Å². The van der Waals surface area contributed by atoms with Crippen LogP contribution < -0.4 is 5.84 Å². The molecule has 112 valence electrons. The summed E-state index contributed by atoms with van der Waals surface area (Å²) in [5.41, 5.74) is 1.82. The maximum atomic E-state index is 6.11. The normalized spacial score (nSPS) is 10.8. The molecule has 2 N–H and O–H groups in total. The lowest BCUT2D eigenvalue weighted by Gasteiger charge is -2.05. The lowest BCUT2D eigenvalue weighted by molar-refractivity contribution is 0.849. The van der Waals surface area contributed by atoms with Crippen LogP contribution in [0.25, 0.3) is 11.4 Å². The summed E-state index contributed by atoms with van der Waals surface area (Å²) in [6.45, 7) is 0. The van der Waals surface area contributed by atoms with Crippen molar-refractivity contribution in [3.05, 3.63) is 57.8 Å². The average molecular weight is 397 g/mol. The van der Waals surface area contributed by atoms with E-state index in [4.69, 9.17) is 17.4 Å². The zero-order chi connectivity index (χ0) is 15.5. The smallest absolute Gasteiger partial charge is 0.210 e. The first kappa shape index (κ1) is 15.3.